The minimum absolute atomic E-state index is 0.0849. The van der Waals surface area contributed by atoms with Gasteiger partial charge >= 0.3 is 0 Å². The molecule has 2 aromatic rings. The number of carbonyl (C=O) groups is 1. The third-order valence-corrected chi connectivity index (χ3v) is 3.14. The highest BCUT2D eigenvalue weighted by Crippen LogP contribution is 2.11. The molecule has 0 unspecified atom stereocenters. The Bertz CT molecular complexity index is 633. The van der Waals surface area contributed by atoms with Gasteiger partial charge in [-0.1, -0.05) is 0 Å². The van der Waals surface area contributed by atoms with Crippen molar-refractivity contribution in [2.24, 2.45) is 0 Å². The third-order valence-electron chi connectivity index (χ3n) is 2.44. The van der Waals surface area contributed by atoms with Crippen molar-refractivity contribution in [2.75, 3.05) is 0 Å². The van der Waals surface area contributed by atoms with Crippen molar-refractivity contribution in [3.05, 3.63) is 51.6 Å². The van der Waals surface area contributed by atoms with Gasteiger partial charge < -0.3 is 9.73 Å². The Hall–Kier alpha value is -2.32. The molecule has 19 heavy (non-hydrogen) atoms. The summed E-state index contributed by atoms with van der Waals surface area (Å²) in [5, 5.41) is 15.4. The molecule has 1 amide bonds. The largest absolute Gasteiger partial charge is 0.465 e. The van der Waals surface area contributed by atoms with E-state index in [2.05, 4.69) is 5.32 Å². The van der Waals surface area contributed by atoms with Gasteiger partial charge in [-0.05, 0) is 47.5 Å². The van der Waals surface area contributed by atoms with Crippen LogP contribution in [0.3, 0.4) is 0 Å². The second-order valence-electron chi connectivity index (χ2n) is 3.92. The number of thiophene rings is 1. The molecule has 0 saturated heterocycles. The van der Waals surface area contributed by atoms with Crippen molar-refractivity contribution in [2.45, 2.75) is 13.5 Å². The lowest BCUT2D eigenvalue weighted by atomic mass is 10.2. The molecule has 0 aliphatic rings. The van der Waals surface area contributed by atoms with Crippen molar-refractivity contribution in [1.82, 2.24) is 5.32 Å². The van der Waals surface area contributed by atoms with Crippen molar-refractivity contribution < 1.29 is 9.21 Å². The van der Waals surface area contributed by atoms with Gasteiger partial charge in [0.25, 0.3) is 5.91 Å². The molecule has 0 bridgehead atoms. The van der Waals surface area contributed by atoms with Gasteiger partial charge in [-0.2, -0.15) is 16.6 Å². The van der Waals surface area contributed by atoms with Gasteiger partial charge in [0.05, 0.1) is 6.54 Å². The molecule has 0 saturated carbocycles. The number of nitriles is 1. The van der Waals surface area contributed by atoms with E-state index in [0.29, 0.717) is 5.76 Å². The number of amides is 1. The van der Waals surface area contributed by atoms with Crippen LogP contribution < -0.4 is 5.32 Å². The maximum Gasteiger partial charge on any atom is 0.262 e. The first-order valence-corrected chi connectivity index (χ1v) is 6.61. The molecule has 0 aromatic carbocycles. The van der Waals surface area contributed by atoms with Gasteiger partial charge in [-0.3, -0.25) is 4.79 Å². The van der Waals surface area contributed by atoms with Crippen molar-refractivity contribution in [3.8, 4) is 6.07 Å². The minimum atomic E-state index is -0.400. The quantitative estimate of drug-likeness (QED) is 0.687. The predicted octanol–water partition coefficient (Wildman–Crippen LogP) is 2.87. The number of furan rings is 1. The Morgan fingerprint density at radius 3 is 2.95 bits per heavy atom. The normalized spacial score (nSPS) is 11.1. The Balaban J connectivity index is 2.00. The molecule has 5 heteroatoms. The van der Waals surface area contributed by atoms with Gasteiger partial charge in [0.15, 0.2) is 0 Å². The molecule has 1 N–H and O–H groups in total. The lowest BCUT2D eigenvalue weighted by Gasteiger charge is -2.01. The fourth-order valence-corrected chi connectivity index (χ4v) is 2.13. The highest BCUT2D eigenvalue weighted by atomic mass is 32.1. The van der Waals surface area contributed by atoms with Crippen LogP contribution in [-0.2, 0) is 11.3 Å². The molecule has 0 aliphatic carbocycles. The third kappa shape index (κ3) is 3.57. The predicted molar refractivity (Wildman–Crippen MR) is 73.2 cm³/mol. The van der Waals surface area contributed by atoms with E-state index >= 15 is 0 Å². The summed E-state index contributed by atoms with van der Waals surface area (Å²) in [6.07, 6.45) is 1.57. The number of hydrogen-bond donors (Lipinski definition) is 1. The second kappa shape index (κ2) is 6.03. The van der Waals surface area contributed by atoms with Crippen molar-refractivity contribution in [1.29, 1.82) is 5.26 Å². The first-order valence-electron chi connectivity index (χ1n) is 5.66. The summed E-state index contributed by atoms with van der Waals surface area (Å²) in [4.78, 5) is 11.8. The van der Waals surface area contributed by atoms with E-state index in [1.165, 1.54) is 11.3 Å². The number of nitrogens with zero attached hydrogens (tertiary/aromatic N) is 1. The van der Waals surface area contributed by atoms with Gasteiger partial charge in [0.1, 0.15) is 23.2 Å². The van der Waals surface area contributed by atoms with E-state index in [1.54, 1.807) is 12.1 Å². The van der Waals surface area contributed by atoms with Gasteiger partial charge in [0.2, 0.25) is 0 Å². The number of rotatable bonds is 4. The molecule has 96 valence electrons. The summed E-state index contributed by atoms with van der Waals surface area (Å²) in [5.74, 6) is 1.06. The van der Waals surface area contributed by atoms with Crippen LogP contribution in [-0.4, -0.2) is 5.91 Å². The molecule has 0 fully saturated rings. The maximum atomic E-state index is 11.8. The smallest absolute Gasteiger partial charge is 0.262 e. The number of aryl methyl sites for hydroxylation is 1. The summed E-state index contributed by atoms with van der Waals surface area (Å²) in [6, 6.07) is 7.38. The van der Waals surface area contributed by atoms with Crippen LogP contribution in [0.15, 0.2) is 38.9 Å². The summed E-state index contributed by atoms with van der Waals surface area (Å²) < 4.78 is 5.34. The van der Waals surface area contributed by atoms with Crippen LogP contribution in [0.25, 0.3) is 6.08 Å². The fraction of sp³-hybridized carbons (Fsp3) is 0.143. The van der Waals surface area contributed by atoms with Crippen LogP contribution in [0.5, 0.6) is 0 Å². The highest BCUT2D eigenvalue weighted by molar-refractivity contribution is 7.08. The number of nitrogens with one attached hydrogen (secondary N) is 1. The molecule has 0 atom stereocenters. The molecule has 2 aromatic heterocycles. The maximum absolute atomic E-state index is 11.8. The van der Waals surface area contributed by atoms with E-state index < -0.39 is 5.91 Å². The standard InChI is InChI=1S/C14H12N2O2S/c1-10-2-3-13(18-10)8-16-14(17)12(7-15)6-11-4-5-19-9-11/h2-6,9H,8H2,1H3,(H,16,17)/b12-6-. The van der Waals surface area contributed by atoms with Crippen LogP contribution >= 0.6 is 11.3 Å². The Morgan fingerprint density at radius 1 is 1.53 bits per heavy atom. The fourth-order valence-electron chi connectivity index (χ4n) is 1.52. The Morgan fingerprint density at radius 2 is 2.37 bits per heavy atom. The Kier molecular flexibility index (Phi) is 4.16. The monoisotopic (exact) mass is 272 g/mol. The van der Waals surface area contributed by atoms with Crippen LogP contribution in [0, 0.1) is 18.3 Å². The average Bonchev–Trinajstić information content (AvgIpc) is 3.04. The molecule has 0 aliphatic heterocycles. The summed E-state index contributed by atoms with van der Waals surface area (Å²) in [7, 11) is 0. The lowest BCUT2D eigenvalue weighted by Crippen LogP contribution is -2.23. The molecule has 0 spiro atoms. The highest BCUT2D eigenvalue weighted by Gasteiger charge is 2.09. The molecule has 2 rings (SSSR count). The van der Waals surface area contributed by atoms with Crippen LogP contribution in [0.2, 0.25) is 0 Å². The molecular formula is C14H12N2O2S. The number of carbonyl (C=O) groups excluding carboxylic acids is 1. The average molecular weight is 272 g/mol. The van der Waals surface area contributed by atoms with Crippen molar-refractivity contribution >= 4 is 23.3 Å². The second-order valence-corrected chi connectivity index (χ2v) is 4.70. The minimum Gasteiger partial charge on any atom is -0.465 e. The molecule has 4 nitrogen and oxygen atoms in total. The lowest BCUT2D eigenvalue weighted by molar-refractivity contribution is -0.117. The van der Waals surface area contributed by atoms with Crippen LogP contribution in [0.1, 0.15) is 17.1 Å². The zero-order valence-corrected chi connectivity index (χ0v) is 11.2. The zero-order valence-electron chi connectivity index (χ0n) is 10.3. The SMILES string of the molecule is Cc1ccc(CNC(=O)/C(C#N)=C\c2ccsc2)o1. The topological polar surface area (TPSA) is 66.0 Å². The van der Waals surface area contributed by atoms with E-state index in [9.17, 15) is 4.79 Å². The summed E-state index contributed by atoms with van der Waals surface area (Å²) in [5.41, 5.74) is 0.937. The molecule has 0 radical (unpaired) electrons. The van der Waals surface area contributed by atoms with Gasteiger partial charge in [-0.25, -0.2) is 0 Å². The first kappa shape index (κ1) is 13.1. The van der Waals surface area contributed by atoms with Crippen LogP contribution in [0.4, 0.5) is 0 Å². The number of hydrogen-bond acceptors (Lipinski definition) is 4. The van der Waals surface area contributed by atoms with Gasteiger partial charge in [-0.15, -0.1) is 0 Å². The van der Waals surface area contributed by atoms with E-state index in [1.807, 2.05) is 35.9 Å². The van der Waals surface area contributed by atoms with Crippen molar-refractivity contribution in [3.63, 3.8) is 0 Å². The van der Waals surface area contributed by atoms with E-state index in [4.69, 9.17) is 9.68 Å². The van der Waals surface area contributed by atoms with E-state index in [-0.39, 0.29) is 12.1 Å². The Labute approximate surface area is 115 Å². The first-order chi connectivity index (χ1) is 9.19. The zero-order chi connectivity index (χ0) is 13.7. The molecular weight excluding hydrogens is 260 g/mol. The van der Waals surface area contributed by atoms with Gasteiger partial charge in [0, 0.05) is 0 Å². The van der Waals surface area contributed by atoms with E-state index in [0.717, 1.165) is 11.3 Å². The summed E-state index contributed by atoms with van der Waals surface area (Å²) in [6.45, 7) is 2.11. The molecule has 2 heterocycles. The summed E-state index contributed by atoms with van der Waals surface area (Å²) >= 11 is 1.52.